The van der Waals surface area contributed by atoms with Crippen LogP contribution in [0.25, 0.3) is 0 Å². The van der Waals surface area contributed by atoms with E-state index in [1.165, 1.54) is 10.4 Å². The standard InChI is InChI=1S/C11H9Br3ClNS2/c1-2-16-9(5-3-8(13)18-10(5)14)7-4-6(12)11(15)17-7/h3-4,9,16H,2H2,1H3. The van der Waals surface area contributed by atoms with Crippen molar-refractivity contribution in [2.24, 2.45) is 0 Å². The van der Waals surface area contributed by atoms with Crippen LogP contribution in [-0.2, 0) is 0 Å². The van der Waals surface area contributed by atoms with E-state index in [9.17, 15) is 0 Å². The average Bonchev–Trinajstić information content (AvgIpc) is 2.79. The predicted octanol–water partition coefficient (Wildman–Crippen LogP) is 6.45. The molecule has 0 aliphatic heterocycles. The van der Waals surface area contributed by atoms with Gasteiger partial charge in [0.05, 0.1) is 13.6 Å². The van der Waals surface area contributed by atoms with Gasteiger partial charge in [-0.25, -0.2) is 0 Å². The lowest BCUT2D eigenvalue weighted by Gasteiger charge is -2.15. The SMILES string of the molecule is CCNC(c1cc(Br)c(Cl)s1)c1cc(Br)sc1Br. The van der Waals surface area contributed by atoms with Crippen molar-refractivity contribution in [2.75, 3.05) is 6.54 Å². The molecule has 98 valence electrons. The smallest absolute Gasteiger partial charge is 0.107 e. The summed E-state index contributed by atoms with van der Waals surface area (Å²) in [6, 6.07) is 4.39. The Morgan fingerprint density at radius 1 is 1.28 bits per heavy atom. The van der Waals surface area contributed by atoms with Gasteiger partial charge in [-0.1, -0.05) is 18.5 Å². The van der Waals surface area contributed by atoms with Gasteiger partial charge in [-0.3, -0.25) is 0 Å². The van der Waals surface area contributed by atoms with Crippen LogP contribution in [0.3, 0.4) is 0 Å². The summed E-state index contributed by atoms with van der Waals surface area (Å²) >= 11 is 20.0. The molecule has 18 heavy (non-hydrogen) atoms. The third-order valence-corrected chi connectivity index (χ3v) is 7.28. The minimum absolute atomic E-state index is 0.167. The Balaban J connectivity index is 2.42. The Kier molecular flexibility index (Phi) is 5.76. The number of halogens is 4. The molecule has 0 fully saturated rings. The predicted molar refractivity (Wildman–Crippen MR) is 92.3 cm³/mol. The highest BCUT2D eigenvalue weighted by atomic mass is 79.9. The molecule has 0 spiro atoms. The van der Waals surface area contributed by atoms with Crippen LogP contribution in [0, 0.1) is 0 Å². The largest absolute Gasteiger partial charge is 0.306 e. The van der Waals surface area contributed by atoms with Crippen molar-refractivity contribution in [2.45, 2.75) is 13.0 Å². The fraction of sp³-hybridized carbons (Fsp3) is 0.273. The zero-order valence-electron chi connectivity index (χ0n) is 9.27. The van der Waals surface area contributed by atoms with Crippen LogP contribution in [-0.4, -0.2) is 6.54 Å². The lowest BCUT2D eigenvalue weighted by molar-refractivity contribution is 0.639. The van der Waals surface area contributed by atoms with Crippen LogP contribution in [0.1, 0.15) is 23.4 Å². The quantitative estimate of drug-likeness (QED) is 0.515. The van der Waals surface area contributed by atoms with Crippen molar-refractivity contribution >= 4 is 82.1 Å². The van der Waals surface area contributed by atoms with Crippen LogP contribution in [0.15, 0.2) is 24.2 Å². The maximum Gasteiger partial charge on any atom is 0.107 e. The number of thiophene rings is 2. The molecule has 7 heteroatoms. The molecule has 0 aliphatic rings. The second kappa shape index (κ2) is 6.70. The summed E-state index contributed by atoms with van der Waals surface area (Å²) in [4.78, 5) is 1.21. The van der Waals surface area contributed by atoms with E-state index in [1.54, 1.807) is 22.7 Å². The highest BCUT2D eigenvalue weighted by molar-refractivity contribution is 9.12. The molecule has 0 saturated carbocycles. The summed E-state index contributed by atoms with van der Waals surface area (Å²) in [6.45, 7) is 3.00. The fourth-order valence-electron chi connectivity index (χ4n) is 1.62. The second-order valence-electron chi connectivity index (χ2n) is 3.54. The van der Waals surface area contributed by atoms with Gasteiger partial charge >= 0.3 is 0 Å². The number of nitrogens with one attached hydrogen (secondary N) is 1. The molecule has 1 unspecified atom stereocenters. The Morgan fingerprint density at radius 2 is 2.00 bits per heavy atom. The number of hydrogen-bond acceptors (Lipinski definition) is 3. The van der Waals surface area contributed by atoms with E-state index >= 15 is 0 Å². The van der Waals surface area contributed by atoms with Crippen molar-refractivity contribution < 1.29 is 0 Å². The molecule has 0 amide bonds. The first-order valence-corrected chi connectivity index (χ1v) is 9.54. The molecule has 0 saturated heterocycles. The van der Waals surface area contributed by atoms with E-state index in [-0.39, 0.29) is 6.04 Å². The molecule has 2 aromatic heterocycles. The van der Waals surface area contributed by atoms with Gasteiger partial charge in [-0.2, -0.15) is 0 Å². The molecular formula is C11H9Br3ClNS2. The summed E-state index contributed by atoms with van der Waals surface area (Å²) in [5.74, 6) is 0. The van der Waals surface area contributed by atoms with Gasteiger partial charge in [-0.05, 0) is 66.5 Å². The summed E-state index contributed by atoms with van der Waals surface area (Å²) in [5, 5.41) is 3.50. The second-order valence-corrected chi connectivity index (χ2v) is 9.83. The van der Waals surface area contributed by atoms with Gasteiger partial charge in [0.1, 0.15) is 4.34 Å². The van der Waals surface area contributed by atoms with Crippen LogP contribution in [0.4, 0.5) is 0 Å². The van der Waals surface area contributed by atoms with Crippen LogP contribution >= 0.6 is 82.1 Å². The molecule has 2 aromatic rings. The summed E-state index contributed by atoms with van der Waals surface area (Å²) in [7, 11) is 0. The monoisotopic (exact) mass is 491 g/mol. The molecule has 2 heterocycles. The first-order chi connectivity index (χ1) is 8.52. The van der Waals surface area contributed by atoms with E-state index in [4.69, 9.17) is 11.6 Å². The average molecular weight is 494 g/mol. The maximum atomic E-state index is 6.13. The van der Waals surface area contributed by atoms with Crippen molar-refractivity contribution in [1.29, 1.82) is 0 Å². The van der Waals surface area contributed by atoms with Gasteiger partial charge in [0.2, 0.25) is 0 Å². The zero-order chi connectivity index (χ0) is 13.3. The minimum atomic E-state index is 0.167. The van der Waals surface area contributed by atoms with Crippen molar-refractivity contribution in [3.8, 4) is 0 Å². The fourth-order valence-corrected chi connectivity index (χ4v) is 6.36. The van der Waals surface area contributed by atoms with Crippen molar-refractivity contribution in [3.63, 3.8) is 0 Å². The first kappa shape index (κ1) is 15.5. The van der Waals surface area contributed by atoms with E-state index in [0.29, 0.717) is 0 Å². The van der Waals surface area contributed by atoms with Crippen LogP contribution < -0.4 is 5.32 Å². The van der Waals surface area contributed by atoms with Crippen LogP contribution in [0.2, 0.25) is 4.34 Å². The summed E-state index contributed by atoms with van der Waals surface area (Å²) < 4.78 is 4.01. The molecule has 1 N–H and O–H groups in total. The number of rotatable bonds is 4. The molecule has 2 rings (SSSR count). The van der Waals surface area contributed by atoms with Crippen molar-refractivity contribution in [3.05, 3.63) is 39.0 Å². The van der Waals surface area contributed by atoms with Gasteiger partial charge in [0, 0.05) is 14.9 Å². The highest BCUT2D eigenvalue weighted by Crippen LogP contribution is 2.42. The zero-order valence-corrected chi connectivity index (χ0v) is 16.4. The van der Waals surface area contributed by atoms with E-state index in [1.807, 2.05) is 0 Å². The Hall–Kier alpha value is 1.09. The third-order valence-electron chi connectivity index (χ3n) is 2.35. The minimum Gasteiger partial charge on any atom is -0.306 e. The van der Waals surface area contributed by atoms with E-state index in [0.717, 1.165) is 22.9 Å². The maximum absolute atomic E-state index is 6.13. The normalized spacial score (nSPS) is 12.9. The third kappa shape index (κ3) is 3.40. The van der Waals surface area contributed by atoms with E-state index in [2.05, 4.69) is 72.2 Å². The van der Waals surface area contributed by atoms with Gasteiger partial charge < -0.3 is 5.32 Å². The molecule has 0 bridgehead atoms. The topological polar surface area (TPSA) is 12.0 Å². The highest BCUT2D eigenvalue weighted by Gasteiger charge is 2.21. The van der Waals surface area contributed by atoms with E-state index < -0.39 is 0 Å². The summed E-state index contributed by atoms with van der Waals surface area (Å²) in [6.07, 6.45) is 0. The van der Waals surface area contributed by atoms with Crippen molar-refractivity contribution in [1.82, 2.24) is 5.32 Å². The first-order valence-electron chi connectivity index (χ1n) is 5.15. The molecular weight excluding hydrogens is 485 g/mol. The molecule has 0 radical (unpaired) electrons. The Labute approximate surface area is 144 Å². The molecule has 0 aliphatic carbocycles. The Morgan fingerprint density at radius 3 is 2.44 bits per heavy atom. The molecule has 1 nitrogen and oxygen atoms in total. The number of hydrogen-bond donors (Lipinski definition) is 1. The summed E-state index contributed by atoms with van der Waals surface area (Å²) in [5.41, 5.74) is 1.24. The van der Waals surface area contributed by atoms with Gasteiger partial charge in [-0.15, -0.1) is 22.7 Å². The van der Waals surface area contributed by atoms with Crippen LogP contribution in [0.5, 0.6) is 0 Å². The molecule has 0 aromatic carbocycles. The van der Waals surface area contributed by atoms with Gasteiger partial charge in [0.25, 0.3) is 0 Å². The molecule has 1 atom stereocenters. The Bertz CT molecular complexity index is 533. The lowest BCUT2D eigenvalue weighted by Crippen LogP contribution is -2.20. The van der Waals surface area contributed by atoms with Gasteiger partial charge in [0.15, 0.2) is 0 Å². The lowest BCUT2D eigenvalue weighted by atomic mass is 10.1.